The number of likely N-dealkylation sites (tertiary alicyclic amines) is 1. The first kappa shape index (κ1) is 21.1. The molecule has 0 bridgehead atoms. The lowest BCUT2D eigenvalue weighted by molar-refractivity contribution is -0.0470. The number of aromatic nitrogens is 2. The highest BCUT2D eigenvalue weighted by atomic mass is 16.6. The van der Waals surface area contributed by atoms with Gasteiger partial charge in [-0.15, -0.1) is 0 Å². The third-order valence-electron chi connectivity index (χ3n) is 5.99. The van der Waals surface area contributed by atoms with Crippen LogP contribution in [0.4, 0.5) is 4.79 Å². The molecule has 1 amide bonds. The van der Waals surface area contributed by atoms with Gasteiger partial charge in [-0.3, -0.25) is 0 Å². The van der Waals surface area contributed by atoms with Gasteiger partial charge in [0.25, 0.3) is 0 Å². The summed E-state index contributed by atoms with van der Waals surface area (Å²) in [6.07, 6.45) is 5.90. The van der Waals surface area contributed by atoms with E-state index in [1.54, 1.807) is 4.90 Å². The minimum atomic E-state index is -1.12. The molecule has 30 heavy (non-hydrogen) atoms. The van der Waals surface area contributed by atoms with Crippen molar-refractivity contribution in [1.82, 2.24) is 14.7 Å². The summed E-state index contributed by atoms with van der Waals surface area (Å²) < 4.78 is 13.4. The molecule has 2 fully saturated rings. The standard InChI is InChI=1S/C23H33N3O4/c1-16-12-17-14-24-26(20-8-5-6-11-29-20)19(17)13-18(16)23(28)9-7-10-25(15-23)21(27)30-22(2,3)4/h12-14,20,28H,5-11,15H2,1-4H3. The Morgan fingerprint density at radius 2 is 2.10 bits per heavy atom. The van der Waals surface area contributed by atoms with E-state index in [2.05, 4.69) is 11.2 Å². The summed E-state index contributed by atoms with van der Waals surface area (Å²) in [5, 5.41) is 17.2. The van der Waals surface area contributed by atoms with E-state index in [1.807, 2.05) is 44.6 Å². The highest BCUT2D eigenvalue weighted by Crippen LogP contribution is 2.37. The number of ether oxygens (including phenoxy) is 2. The zero-order valence-electron chi connectivity index (χ0n) is 18.5. The molecule has 2 aliphatic rings. The highest BCUT2D eigenvalue weighted by Gasteiger charge is 2.39. The molecule has 0 spiro atoms. The van der Waals surface area contributed by atoms with Crippen LogP contribution in [0.3, 0.4) is 0 Å². The molecule has 2 saturated heterocycles. The van der Waals surface area contributed by atoms with Crippen molar-refractivity contribution in [2.75, 3.05) is 19.7 Å². The van der Waals surface area contributed by atoms with Gasteiger partial charge in [-0.25, -0.2) is 9.48 Å². The molecule has 0 aliphatic carbocycles. The van der Waals surface area contributed by atoms with E-state index in [4.69, 9.17) is 9.47 Å². The monoisotopic (exact) mass is 415 g/mol. The van der Waals surface area contributed by atoms with Crippen LogP contribution in [0.5, 0.6) is 0 Å². The number of nitrogens with zero attached hydrogens (tertiary/aromatic N) is 3. The molecule has 7 nitrogen and oxygen atoms in total. The Morgan fingerprint density at radius 1 is 1.30 bits per heavy atom. The second kappa shape index (κ2) is 7.85. The van der Waals surface area contributed by atoms with Gasteiger partial charge in [0.2, 0.25) is 0 Å². The van der Waals surface area contributed by atoms with Crippen molar-refractivity contribution in [1.29, 1.82) is 0 Å². The average molecular weight is 416 g/mol. The number of hydrogen-bond acceptors (Lipinski definition) is 5. The molecule has 4 rings (SSSR count). The number of aliphatic hydroxyl groups is 1. The van der Waals surface area contributed by atoms with Crippen LogP contribution in [0.15, 0.2) is 18.3 Å². The first-order chi connectivity index (χ1) is 14.2. The van der Waals surface area contributed by atoms with Gasteiger partial charge < -0.3 is 19.5 Å². The molecule has 2 aromatic rings. The number of carbonyl (C=O) groups is 1. The first-order valence-corrected chi connectivity index (χ1v) is 11.0. The second-order valence-corrected chi connectivity index (χ2v) is 9.67. The summed E-state index contributed by atoms with van der Waals surface area (Å²) in [5.41, 5.74) is 1.13. The molecule has 1 aromatic carbocycles. The Hall–Kier alpha value is -2.12. The number of piperidine rings is 1. The van der Waals surface area contributed by atoms with E-state index in [9.17, 15) is 9.90 Å². The van der Waals surface area contributed by atoms with Crippen LogP contribution in [-0.4, -0.2) is 51.2 Å². The number of β-amino-alcohol motifs (C(OH)–C–C–N with tert-alkyl or cyclic N) is 1. The maximum absolute atomic E-state index is 12.6. The molecule has 1 N–H and O–H groups in total. The molecule has 164 valence electrons. The number of carbonyl (C=O) groups excluding carboxylic acids is 1. The van der Waals surface area contributed by atoms with Gasteiger partial charge in [0.05, 0.1) is 18.3 Å². The molecule has 2 aliphatic heterocycles. The van der Waals surface area contributed by atoms with Gasteiger partial charge in [0.1, 0.15) is 11.2 Å². The van der Waals surface area contributed by atoms with Gasteiger partial charge >= 0.3 is 6.09 Å². The van der Waals surface area contributed by atoms with Crippen molar-refractivity contribution < 1.29 is 19.4 Å². The van der Waals surface area contributed by atoms with Crippen molar-refractivity contribution in [3.8, 4) is 0 Å². The third kappa shape index (κ3) is 4.18. The Kier molecular flexibility index (Phi) is 5.53. The zero-order valence-corrected chi connectivity index (χ0v) is 18.5. The topological polar surface area (TPSA) is 76.8 Å². The van der Waals surface area contributed by atoms with E-state index >= 15 is 0 Å². The fourth-order valence-electron chi connectivity index (χ4n) is 4.59. The Balaban J connectivity index is 1.65. The Morgan fingerprint density at radius 3 is 2.80 bits per heavy atom. The van der Waals surface area contributed by atoms with Gasteiger partial charge in [0, 0.05) is 18.5 Å². The maximum atomic E-state index is 12.6. The fourth-order valence-corrected chi connectivity index (χ4v) is 4.59. The lowest BCUT2D eigenvalue weighted by atomic mass is 9.83. The zero-order chi connectivity index (χ0) is 21.5. The number of amides is 1. The van der Waals surface area contributed by atoms with Crippen LogP contribution in [0.1, 0.15) is 70.2 Å². The molecule has 3 heterocycles. The fraction of sp³-hybridized carbons (Fsp3) is 0.652. The quantitative estimate of drug-likeness (QED) is 0.793. The molecule has 1 aromatic heterocycles. The van der Waals surface area contributed by atoms with Crippen molar-refractivity contribution >= 4 is 17.0 Å². The number of fused-ring (bicyclic) bond motifs is 1. The normalized spacial score (nSPS) is 25.5. The van der Waals surface area contributed by atoms with Crippen LogP contribution < -0.4 is 0 Å². The van der Waals surface area contributed by atoms with Crippen LogP contribution >= 0.6 is 0 Å². The third-order valence-corrected chi connectivity index (χ3v) is 5.99. The molecular weight excluding hydrogens is 382 g/mol. The molecule has 2 unspecified atom stereocenters. The average Bonchev–Trinajstić information content (AvgIpc) is 3.09. The predicted octanol–water partition coefficient (Wildman–Crippen LogP) is 4.26. The Labute approximate surface area is 177 Å². The lowest BCUT2D eigenvalue weighted by Crippen LogP contribution is -2.50. The maximum Gasteiger partial charge on any atom is 0.410 e. The number of benzene rings is 1. The Bertz CT molecular complexity index is 926. The minimum absolute atomic E-state index is 0.0638. The number of hydrogen-bond donors (Lipinski definition) is 1. The van der Waals surface area contributed by atoms with Crippen molar-refractivity contribution in [3.05, 3.63) is 29.5 Å². The van der Waals surface area contributed by atoms with Crippen LogP contribution in [-0.2, 0) is 15.1 Å². The summed E-state index contributed by atoms with van der Waals surface area (Å²) in [7, 11) is 0. The van der Waals surface area contributed by atoms with Crippen molar-refractivity contribution in [3.63, 3.8) is 0 Å². The number of rotatable bonds is 2. The first-order valence-electron chi connectivity index (χ1n) is 11.0. The van der Waals surface area contributed by atoms with Crippen LogP contribution in [0, 0.1) is 6.92 Å². The highest BCUT2D eigenvalue weighted by molar-refractivity contribution is 5.81. The van der Waals surface area contributed by atoms with Crippen LogP contribution in [0.25, 0.3) is 10.9 Å². The molecule has 7 heteroatoms. The van der Waals surface area contributed by atoms with E-state index in [-0.39, 0.29) is 18.9 Å². The summed E-state index contributed by atoms with van der Waals surface area (Å²) in [6.45, 7) is 9.14. The summed E-state index contributed by atoms with van der Waals surface area (Å²) in [5.74, 6) is 0. The van der Waals surface area contributed by atoms with E-state index in [0.29, 0.717) is 13.0 Å². The van der Waals surface area contributed by atoms with Gasteiger partial charge in [-0.2, -0.15) is 5.10 Å². The van der Waals surface area contributed by atoms with Gasteiger partial charge in [0.15, 0.2) is 6.23 Å². The van der Waals surface area contributed by atoms with E-state index in [1.165, 1.54) is 0 Å². The van der Waals surface area contributed by atoms with E-state index < -0.39 is 11.2 Å². The largest absolute Gasteiger partial charge is 0.444 e. The summed E-state index contributed by atoms with van der Waals surface area (Å²) in [6, 6.07) is 4.11. The minimum Gasteiger partial charge on any atom is -0.444 e. The van der Waals surface area contributed by atoms with Gasteiger partial charge in [-0.05, 0) is 83.1 Å². The molecular formula is C23H33N3O4. The van der Waals surface area contributed by atoms with Gasteiger partial charge in [-0.1, -0.05) is 0 Å². The van der Waals surface area contributed by atoms with Crippen molar-refractivity contribution in [2.45, 2.75) is 77.2 Å². The second-order valence-electron chi connectivity index (χ2n) is 9.67. The molecule has 2 atom stereocenters. The smallest absolute Gasteiger partial charge is 0.410 e. The predicted molar refractivity (Wildman–Crippen MR) is 114 cm³/mol. The lowest BCUT2D eigenvalue weighted by Gasteiger charge is -2.40. The molecule has 0 saturated carbocycles. The SMILES string of the molecule is Cc1cc2cnn(C3CCCCO3)c2cc1C1(O)CCCN(C(=O)OC(C)(C)C)C1. The van der Waals surface area contributed by atoms with E-state index in [0.717, 1.165) is 54.3 Å². The summed E-state index contributed by atoms with van der Waals surface area (Å²) >= 11 is 0. The number of aryl methyl sites for hydroxylation is 1. The molecule has 0 radical (unpaired) electrons. The van der Waals surface area contributed by atoms with Crippen LogP contribution in [0.2, 0.25) is 0 Å². The van der Waals surface area contributed by atoms with Crippen molar-refractivity contribution in [2.24, 2.45) is 0 Å². The summed E-state index contributed by atoms with van der Waals surface area (Å²) in [4.78, 5) is 14.2.